The number of allylic oxidation sites excluding steroid dienone is 1. The van der Waals surface area contributed by atoms with Crippen LogP contribution in [-0.4, -0.2) is 66.8 Å². The van der Waals surface area contributed by atoms with E-state index in [1.54, 1.807) is 6.07 Å². The van der Waals surface area contributed by atoms with Crippen LogP contribution < -0.4 is 20.0 Å². The van der Waals surface area contributed by atoms with Crippen molar-refractivity contribution in [3.8, 4) is 11.5 Å². The number of anilines is 1. The SMILES string of the molecule is CCC/C(=C\c1cc(I)c(O)c(OC)c1)CC[C@@H](O)C1=C(CO[Si](c2ccccc2)(c2ccccc2)C(C)(C)C)C[C@H]2C(=O)N(c3cccc([N+](=O)[O-])c3)C(=O)[C@H]2[C@H]1CO. The lowest BCUT2D eigenvalue weighted by Gasteiger charge is -2.44. The Kier molecular flexibility index (Phi) is 14.2. The Bertz CT molecular complexity index is 2240. The molecule has 0 bridgehead atoms. The molecule has 4 aromatic rings. The monoisotopic (exact) mass is 944 g/mol. The number of imide groups is 1. The second kappa shape index (κ2) is 18.9. The second-order valence-corrected chi connectivity index (χ2v) is 22.1. The number of benzene rings is 4. The largest absolute Gasteiger partial charge is 0.504 e. The number of phenols is 1. The number of aliphatic hydroxyl groups excluding tert-OH is 2. The molecule has 0 aromatic heterocycles. The van der Waals surface area contributed by atoms with Gasteiger partial charge in [0.05, 0.1) is 52.4 Å². The van der Waals surface area contributed by atoms with Crippen molar-refractivity contribution in [3.63, 3.8) is 0 Å². The molecule has 2 amide bonds. The molecule has 13 heteroatoms. The molecule has 11 nitrogen and oxygen atoms in total. The zero-order valence-corrected chi connectivity index (χ0v) is 37.8. The van der Waals surface area contributed by atoms with Gasteiger partial charge in [0.2, 0.25) is 11.8 Å². The average Bonchev–Trinajstić information content (AvgIpc) is 3.49. The van der Waals surface area contributed by atoms with Crippen molar-refractivity contribution >= 4 is 70.5 Å². The van der Waals surface area contributed by atoms with Gasteiger partial charge in [0.1, 0.15) is 0 Å². The number of carbonyl (C=O) groups is 2. The third-order valence-electron chi connectivity index (χ3n) is 11.9. The molecular weight excluding hydrogens is 892 g/mol. The number of hydrogen-bond donors (Lipinski definition) is 3. The third kappa shape index (κ3) is 8.87. The average molecular weight is 945 g/mol. The summed E-state index contributed by atoms with van der Waals surface area (Å²) in [5, 5.41) is 47.5. The maximum Gasteiger partial charge on any atom is 0.271 e. The Hall–Kier alpha value is -4.67. The van der Waals surface area contributed by atoms with Gasteiger partial charge in [-0.15, -0.1) is 0 Å². The molecule has 1 aliphatic carbocycles. The van der Waals surface area contributed by atoms with Gasteiger partial charge >= 0.3 is 0 Å². The summed E-state index contributed by atoms with van der Waals surface area (Å²) in [6, 6.07) is 29.4. The van der Waals surface area contributed by atoms with Gasteiger partial charge in [-0.3, -0.25) is 19.7 Å². The van der Waals surface area contributed by atoms with Gasteiger partial charge in [-0.2, -0.15) is 0 Å². The number of nitro benzene ring substituents is 1. The number of nitrogens with zero attached hydrogens (tertiary/aromatic N) is 2. The number of phenolic OH excluding ortho intramolecular Hbond substituents is 1. The van der Waals surface area contributed by atoms with Crippen molar-refractivity contribution in [2.24, 2.45) is 17.8 Å². The highest BCUT2D eigenvalue weighted by Crippen LogP contribution is 2.48. The van der Waals surface area contributed by atoms with E-state index in [-0.39, 0.29) is 41.6 Å². The Balaban J connectivity index is 1.44. The number of amides is 2. The van der Waals surface area contributed by atoms with Gasteiger partial charge in [0.25, 0.3) is 14.0 Å². The summed E-state index contributed by atoms with van der Waals surface area (Å²) >= 11 is 2.06. The van der Waals surface area contributed by atoms with Crippen LogP contribution in [0, 0.1) is 31.4 Å². The van der Waals surface area contributed by atoms with E-state index in [1.165, 1.54) is 31.4 Å². The van der Waals surface area contributed by atoms with E-state index >= 15 is 0 Å². The smallest absolute Gasteiger partial charge is 0.271 e. The van der Waals surface area contributed by atoms with Crippen LogP contribution in [0.2, 0.25) is 5.04 Å². The molecule has 0 unspecified atom stereocenters. The number of ether oxygens (including phenoxy) is 1. The first-order chi connectivity index (χ1) is 28.7. The summed E-state index contributed by atoms with van der Waals surface area (Å²) in [5.74, 6) is -3.45. The molecule has 1 heterocycles. The number of methoxy groups -OCH3 is 1. The van der Waals surface area contributed by atoms with E-state index in [0.29, 0.717) is 26.9 Å². The Labute approximate surface area is 366 Å². The van der Waals surface area contributed by atoms with E-state index in [4.69, 9.17) is 9.16 Å². The molecule has 1 saturated heterocycles. The number of aliphatic hydroxyl groups is 2. The Morgan fingerprint density at radius 1 is 0.983 bits per heavy atom. The van der Waals surface area contributed by atoms with Crippen molar-refractivity contribution in [1.82, 2.24) is 0 Å². The maximum absolute atomic E-state index is 14.4. The van der Waals surface area contributed by atoms with Crippen LogP contribution in [0.3, 0.4) is 0 Å². The minimum absolute atomic E-state index is 0.0427. The highest BCUT2D eigenvalue weighted by Gasteiger charge is 2.56. The summed E-state index contributed by atoms with van der Waals surface area (Å²) in [7, 11) is -1.62. The van der Waals surface area contributed by atoms with E-state index < -0.39 is 55.5 Å². The molecule has 0 saturated carbocycles. The number of carbonyl (C=O) groups excluding carboxylic acids is 2. The normalized spacial score (nSPS) is 19.1. The predicted octanol–water partition coefficient (Wildman–Crippen LogP) is 7.93. The fraction of sp³-hybridized carbons (Fsp3) is 0.362. The highest BCUT2D eigenvalue weighted by atomic mass is 127. The molecular formula is C47H53IN2O9Si. The van der Waals surface area contributed by atoms with Crippen LogP contribution in [0.1, 0.15) is 65.4 Å². The number of aromatic hydroxyl groups is 1. The minimum Gasteiger partial charge on any atom is -0.504 e. The zero-order valence-electron chi connectivity index (χ0n) is 34.6. The number of fused-ring (bicyclic) bond motifs is 1. The van der Waals surface area contributed by atoms with Crippen molar-refractivity contribution in [2.45, 2.75) is 70.9 Å². The van der Waals surface area contributed by atoms with E-state index in [0.717, 1.165) is 39.3 Å². The first kappa shape index (κ1) is 44.9. The first-order valence-corrected chi connectivity index (χ1v) is 23.3. The summed E-state index contributed by atoms with van der Waals surface area (Å²) in [6.45, 7) is 8.10. The fourth-order valence-corrected chi connectivity index (χ4v) is 14.4. The summed E-state index contributed by atoms with van der Waals surface area (Å²) in [6.07, 6.45) is 3.38. The predicted molar refractivity (Wildman–Crippen MR) is 244 cm³/mol. The van der Waals surface area contributed by atoms with E-state index in [9.17, 15) is 35.0 Å². The van der Waals surface area contributed by atoms with Crippen LogP contribution >= 0.6 is 22.6 Å². The van der Waals surface area contributed by atoms with Gasteiger partial charge in [0, 0.05) is 18.1 Å². The Morgan fingerprint density at radius 2 is 1.63 bits per heavy atom. The quantitative estimate of drug-likeness (QED) is 0.0253. The molecule has 60 heavy (non-hydrogen) atoms. The topological polar surface area (TPSA) is 160 Å². The van der Waals surface area contributed by atoms with Crippen LogP contribution in [0.4, 0.5) is 11.4 Å². The van der Waals surface area contributed by atoms with Gasteiger partial charge in [-0.1, -0.05) is 112 Å². The Morgan fingerprint density at radius 3 is 2.20 bits per heavy atom. The molecule has 3 N–H and O–H groups in total. The van der Waals surface area contributed by atoms with Crippen LogP contribution in [0.15, 0.2) is 114 Å². The lowest BCUT2D eigenvalue weighted by Crippen LogP contribution is -2.66. The molecule has 0 radical (unpaired) electrons. The van der Waals surface area contributed by atoms with Gasteiger partial charge in [-0.25, -0.2) is 4.90 Å². The van der Waals surface area contributed by atoms with Crippen molar-refractivity contribution in [2.75, 3.05) is 25.2 Å². The number of rotatable bonds is 16. The molecule has 4 atom stereocenters. The minimum atomic E-state index is -3.13. The number of halogens is 1. The summed E-state index contributed by atoms with van der Waals surface area (Å²) < 4.78 is 13.4. The third-order valence-corrected chi connectivity index (χ3v) is 17.7. The fourth-order valence-electron chi connectivity index (χ4n) is 9.19. The molecule has 1 aliphatic heterocycles. The zero-order chi connectivity index (χ0) is 43.4. The van der Waals surface area contributed by atoms with E-state index in [2.05, 4.69) is 74.6 Å². The molecule has 316 valence electrons. The van der Waals surface area contributed by atoms with Crippen LogP contribution in [0.5, 0.6) is 11.5 Å². The van der Waals surface area contributed by atoms with Crippen molar-refractivity contribution in [3.05, 3.63) is 133 Å². The molecule has 2 aliphatic rings. The van der Waals surface area contributed by atoms with Crippen LogP contribution in [-0.2, 0) is 14.0 Å². The summed E-state index contributed by atoms with van der Waals surface area (Å²) in [5.41, 5.74) is 2.89. The number of hydrogen-bond acceptors (Lipinski definition) is 9. The van der Waals surface area contributed by atoms with Crippen LogP contribution in [0.25, 0.3) is 6.08 Å². The van der Waals surface area contributed by atoms with Gasteiger partial charge < -0.3 is 24.5 Å². The van der Waals surface area contributed by atoms with E-state index in [1.807, 2.05) is 48.5 Å². The second-order valence-electron chi connectivity index (χ2n) is 16.6. The summed E-state index contributed by atoms with van der Waals surface area (Å²) in [4.78, 5) is 40.9. The van der Waals surface area contributed by atoms with Crippen molar-refractivity contribution < 1.29 is 39.0 Å². The molecule has 1 fully saturated rings. The number of nitro groups is 1. The number of non-ortho nitro benzene ring substituents is 1. The molecule has 0 spiro atoms. The molecule has 6 rings (SSSR count). The lowest BCUT2D eigenvalue weighted by atomic mass is 9.68. The van der Waals surface area contributed by atoms with Gasteiger partial charge in [-0.05, 0) is 98.6 Å². The maximum atomic E-state index is 14.4. The first-order valence-electron chi connectivity index (χ1n) is 20.3. The standard InChI is InChI=1S/C47H53IN2O9Si/c1-6-14-30(23-31-24-39(48)44(53)41(25-31)58-5)21-22-40(52)42-32(29-59-60(47(2,3)4,35-17-9-7-10-18-35)36-19-11-8-12-20-36)26-37-43(38(42)28-51)46(55)49(45(37)54)33-15-13-16-34(27-33)50(56)57/h7-13,15-20,23-25,27,37-38,40,43,51-53H,6,14,21-22,26,28-29H2,1-5H3/b30-23+/t37-,38+,40-,43-/m1/s1. The highest BCUT2D eigenvalue weighted by molar-refractivity contribution is 14.1. The van der Waals surface area contributed by atoms with Gasteiger partial charge in [0.15, 0.2) is 11.5 Å². The van der Waals surface area contributed by atoms with Crippen molar-refractivity contribution in [1.29, 1.82) is 0 Å². The molecule has 4 aromatic carbocycles. The lowest BCUT2D eigenvalue weighted by molar-refractivity contribution is -0.384.